The van der Waals surface area contributed by atoms with Crippen molar-refractivity contribution in [2.24, 2.45) is 0 Å². The second-order valence-electron chi connectivity index (χ2n) is 7.41. The van der Waals surface area contributed by atoms with Crippen LogP contribution in [-0.2, 0) is 25.3 Å². The van der Waals surface area contributed by atoms with Gasteiger partial charge in [0, 0.05) is 11.9 Å². The van der Waals surface area contributed by atoms with Gasteiger partial charge in [-0.3, -0.25) is 4.79 Å². The summed E-state index contributed by atoms with van der Waals surface area (Å²) in [5.74, 6) is -0.737. The summed E-state index contributed by atoms with van der Waals surface area (Å²) in [7, 11) is 0.567. The maximum atomic E-state index is 14.8. The number of aryl methyl sites for hydroxylation is 1. The summed E-state index contributed by atoms with van der Waals surface area (Å²) >= 11 is 0. The highest BCUT2D eigenvalue weighted by molar-refractivity contribution is 6.62. The van der Waals surface area contributed by atoms with E-state index >= 15 is 0 Å². The molecule has 138 valence electrons. The Morgan fingerprint density at radius 1 is 1.20 bits per heavy atom. The summed E-state index contributed by atoms with van der Waals surface area (Å²) in [5.41, 5.74) is 5.86. The third-order valence-electron chi connectivity index (χ3n) is 5.09. The molecule has 0 unspecified atom stereocenters. The van der Waals surface area contributed by atoms with Crippen LogP contribution in [0.15, 0.2) is 12.1 Å². The van der Waals surface area contributed by atoms with Gasteiger partial charge in [0.05, 0.1) is 24.0 Å². The van der Waals surface area contributed by atoms with Gasteiger partial charge in [-0.1, -0.05) is 6.07 Å². The molecule has 0 atom stereocenters. The number of methoxy groups -OCH3 is 1. The standard InChI is InChI=1S/C18H27BFNO4/c1-17(2)18(3,4)25-19(24-17)15-12(10-11-13(21)16(15)20)8-6-7-9-14(22)23-5/h10-11H,6-9,21H2,1-5H3. The molecule has 1 aliphatic rings. The second kappa shape index (κ2) is 7.34. The number of unbranched alkanes of at least 4 members (excludes halogenated alkanes) is 1. The lowest BCUT2D eigenvalue weighted by Crippen LogP contribution is -2.41. The molecule has 1 heterocycles. The zero-order valence-corrected chi connectivity index (χ0v) is 15.6. The summed E-state index contributed by atoms with van der Waals surface area (Å²) in [5, 5.41) is 0. The van der Waals surface area contributed by atoms with E-state index in [-0.39, 0.29) is 11.7 Å². The van der Waals surface area contributed by atoms with Crippen molar-refractivity contribution in [2.45, 2.75) is 64.6 Å². The van der Waals surface area contributed by atoms with E-state index in [0.717, 1.165) is 12.0 Å². The van der Waals surface area contributed by atoms with Crippen molar-refractivity contribution in [3.63, 3.8) is 0 Å². The van der Waals surface area contributed by atoms with E-state index in [1.165, 1.54) is 7.11 Å². The zero-order valence-electron chi connectivity index (χ0n) is 15.6. The topological polar surface area (TPSA) is 70.8 Å². The van der Waals surface area contributed by atoms with E-state index in [1.807, 2.05) is 27.7 Å². The first-order valence-electron chi connectivity index (χ1n) is 8.58. The van der Waals surface area contributed by atoms with Crippen LogP contribution < -0.4 is 11.2 Å². The van der Waals surface area contributed by atoms with Crippen LogP contribution in [0, 0.1) is 5.82 Å². The molecule has 0 radical (unpaired) electrons. The molecule has 1 aromatic carbocycles. The number of ether oxygens (including phenoxy) is 1. The number of esters is 1. The fraction of sp³-hybridized carbons (Fsp3) is 0.611. The van der Waals surface area contributed by atoms with Gasteiger partial charge < -0.3 is 19.8 Å². The fourth-order valence-corrected chi connectivity index (χ4v) is 2.77. The van der Waals surface area contributed by atoms with Crippen LogP contribution in [0.1, 0.15) is 52.5 Å². The third kappa shape index (κ3) is 4.15. The number of nitrogens with two attached hydrogens (primary N) is 1. The van der Waals surface area contributed by atoms with Crippen LogP contribution >= 0.6 is 0 Å². The quantitative estimate of drug-likeness (QED) is 0.369. The van der Waals surface area contributed by atoms with Crippen LogP contribution in [-0.4, -0.2) is 31.4 Å². The highest BCUT2D eigenvalue weighted by Gasteiger charge is 2.53. The molecule has 5 nitrogen and oxygen atoms in total. The van der Waals surface area contributed by atoms with E-state index in [9.17, 15) is 9.18 Å². The van der Waals surface area contributed by atoms with Crippen molar-refractivity contribution in [2.75, 3.05) is 12.8 Å². The summed E-state index contributed by atoms with van der Waals surface area (Å²) < 4.78 is 31.4. The molecule has 1 aliphatic heterocycles. The van der Waals surface area contributed by atoms with Crippen LogP contribution in [0.5, 0.6) is 0 Å². The van der Waals surface area contributed by atoms with Gasteiger partial charge in [0.25, 0.3) is 0 Å². The zero-order chi connectivity index (χ0) is 18.8. The summed E-state index contributed by atoms with van der Waals surface area (Å²) in [4.78, 5) is 11.2. The number of hydrogen-bond acceptors (Lipinski definition) is 5. The van der Waals surface area contributed by atoms with Crippen molar-refractivity contribution in [1.82, 2.24) is 0 Å². The van der Waals surface area contributed by atoms with E-state index in [1.54, 1.807) is 12.1 Å². The SMILES string of the molecule is COC(=O)CCCCc1ccc(N)c(F)c1B1OC(C)(C)C(C)(C)O1. The number of rotatable bonds is 6. The monoisotopic (exact) mass is 351 g/mol. The van der Waals surface area contributed by atoms with Gasteiger partial charge in [-0.2, -0.15) is 0 Å². The number of hydrogen-bond donors (Lipinski definition) is 1. The molecule has 0 aliphatic carbocycles. The molecule has 1 fully saturated rings. The van der Waals surface area contributed by atoms with Crippen molar-refractivity contribution in [1.29, 1.82) is 0 Å². The molecule has 1 aromatic rings. The van der Waals surface area contributed by atoms with Gasteiger partial charge in [0.15, 0.2) is 0 Å². The van der Waals surface area contributed by atoms with Crippen molar-refractivity contribution in [3.05, 3.63) is 23.5 Å². The van der Waals surface area contributed by atoms with Gasteiger partial charge in [-0.25, -0.2) is 4.39 Å². The molecule has 0 bridgehead atoms. The van der Waals surface area contributed by atoms with Crippen LogP contribution in [0.4, 0.5) is 10.1 Å². The lowest BCUT2D eigenvalue weighted by molar-refractivity contribution is -0.140. The van der Waals surface area contributed by atoms with Gasteiger partial charge >= 0.3 is 13.1 Å². The Kier molecular flexibility index (Phi) is 5.79. The number of nitrogen functional groups attached to an aromatic ring is 1. The second-order valence-corrected chi connectivity index (χ2v) is 7.41. The Balaban J connectivity index is 2.20. The van der Waals surface area contributed by atoms with Gasteiger partial charge in [-0.15, -0.1) is 0 Å². The Labute approximate surface area is 149 Å². The van der Waals surface area contributed by atoms with E-state index in [2.05, 4.69) is 4.74 Å². The number of benzene rings is 1. The minimum absolute atomic E-state index is 0.0722. The molecule has 0 amide bonds. The number of carbonyl (C=O) groups excluding carboxylic acids is 1. The summed E-state index contributed by atoms with van der Waals surface area (Å²) in [6.07, 6.45) is 2.35. The summed E-state index contributed by atoms with van der Waals surface area (Å²) in [6.45, 7) is 7.70. The number of anilines is 1. The molecule has 0 aromatic heterocycles. The van der Waals surface area contributed by atoms with E-state index in [0.29, 0.717) is 24.7 Å². The largest absolute Gasteiger partial charge is 0.498 e. The maximum absolute atomic E-state index is 14.8. The lowest BCUT2D eigenvalue weighted by Gasteiger charge is -2.32. The molecule has 1 saturated heterocycles. The predicted octanol–water partition coefficient (Wildman–Crippen LogP) is 2.59. The predicted molar refractivity (Wildman–Crippen MR) is 96.1 cm³/mol. The first-order valence-corrected chi connectivity index (χ1v) is 8.58. The minimum Gasteiger partial charge on any atom is -0.469 e. The van der Waals surface area contributed by atoms with E-state index < -0.39 is 24.1 Å². The molecule has 2 N–H and O–H groups in total. The number of carbonyl (C=O) groups is 1. The number of halogens is 1. The average Bonchev–Trinajstić information content (AvgIpc) is 2.74. The normalized spacial score (nSPS) is 18.4. The first kappa shape index (κ1) is 19.7. The molecule has 7 heteroatoms. The van der Waals surface area contributed by atoms with Crippen molar-refractivity contribution < 1.29 is 23.2 Å². The molecule has 2 rings (SSSR count). The van der Waals surface area contributed by atoms with Gasteiger partial charge in [0.1, 0.15) is 5.82 Å². The Morgan fingerprint density at radius 2 is 1.80 bits per heavy atom. The average molecular weight is 351 g/mol. The third-order valence-corrected chi connectivity index (χ3v) is 5.09. The Hall–Kier alpha value is -1.60. The lowest BCUT2D eigenvalue weighted by atomic mass is 9.74. The van der Waals surface area contributed by atoms with Crippen LogP contribution in [0.25, 0.3) is 0 Å². The molecule has 0 spiro atoms. The molecule has 0 saturated carbocycles. The van der Waals surface area contributed by atoms with E-state index in [4.69, 9.17) is 15.0 Å². The molecular weight excluding hydrogens is 324 g/mol. The molecule has 25 heavy (non-hydrogen) atoms. The Bertz CT molecular complexity index is 632. The van der Waals surface area contributed by atoms with Crippen molar-refractivity contribution >= 4 is 24.2 Å². The van der Waals surface area contributed by atoms with Crippen LogP contribution in [0.3, 0.4) is 0 Å². The highest BCUT2D eigenvalue weighted by Crippen LogP contribution is 2.37. The highest BCUT2D eigenvalue weighted by atomic mass is 19.1. The fourth-order valence-electron chi connectivity index (χ4n) is 2.77. The first-order chi connectivity index (χ1) is 11.6. The van der Waals surface area contributed by atoms with Gasteiger partial charge in [-0.05, 0) is 58.6 Å². The molecular formula is C18H27BFNO4. The van der Waals surface area contributed by atoms with Crippen molar-refractivity contribution in [3.8, 4) is 0 Å². The Morgan fingerprint density at radius 3 is 2.36 bits per heavy atom. The minimum atomic E-state index is -0.802. The van der Waals surface area contributed by atoms with Gasteiger partial charge in [0.2, 0.25) is 0 Å². The van der Waals surface area contributed by atoms with Crippen LogP contribution in [0.2, 0.25) is 0 Å². The summed E-state index contributed by atoms with van der Waals surface area (Å²) in [6, 6.07) is 3.36. The maximum Gasteiger partial charge on any atom is 0.498 e. The smallest absolute Gasteiger partial charge is 0.469 e.